The van der Waals surface area contributed by atoms with Crippen LogP contribution in [0.1, 0.15) is 6.92 Å². The van der Waals surface area contributed by atoms with Crippen molar-refractivity contribution in [3.05, 3.63) is 0 Å². The minimum atomic E-state index is 0.841. The summed E-state index contributed by atoms with van der Waals surface area (Å²) in [5.41, 5.74) is 0. The van der Waals surface area contributed by atoms with Crippen LogP contribution in [0.25, 0.3) is 0 Å². The summed E-state index contributed by atoms with van der Waals surface area (Å²) in [7, 11) is 0. The van der Waals surface area contributed by atoms with Crippen molar-refractivity contribution in [3.63, 3.8) is 0 Å². The molecule has 0 aliphatic heterocycles. The molecule has 0 saturated heterocycles. The van der Waals surface area contributed by atoms with E-state index in [9.17, 15) is 0 Å². The van der Waals surface area contributed by atoms with Crippen LogP contribution in [0.3, 0.4) is 0 Å². The number of halogens is 2. The average molecular weight is 296 g/mol. The Labute approximate surface area is 60.0 Å². The normalized spacial score (nSPS) is 15.0. The van der Waals surface area contributed by atoms with Crippen molar-refractivity contribution in [2.24, 2.45) is 0 Å². The number of rotatable bonds is 1. The topological polar surface area (TPSA) is 0 Å². The van der Waals surface area contributed by atoms with Gasteiger partial charge in [0.2, 0.25) is 0 Å². The summed E-state index contributed by atoms with van der Waals surface area (Å²) in [6, 6.07) is 0. The summed E-state index contributed by atoms with van der Waals surface area (Å²) < 4.78 is 2.10. The van der Waals surface area contributed by atoms with Gasteiger partial charge < -0.3 is 0 Å². The Kier molecular flexibility index (Phi) is 4.71. The molecule has 0 N–H and O–H groups in total. The molecule has 0 heterocycles. The number of alkyl halides is 2. The Morgan fingerprint density at radius 1 is 1.80 bits per heavy atom. The molecular formula is C3H6I2. The second kappa shape index (κ2) is 3.64. The molecule has 5 heavy (non-hydrogen) atoms. The van der Waals surface area contributed by atoms with Gasteiger partial charge in [0, 0.05) is 8.35 Å². The van der Waals surface area contributed by atoms with Crippen LogP contribution in [0.4, 0.5) is 0 Å². The van der Waals surface area contributed by atoms with Crippen LogP contribution in [0.5, 0.6) is 0 Å². The van der Waals surface area contributed by atoms with Gasteiger partial charge in [-0.1, -0.05) is 52.1 Å². The van der Waals surface area contributed by atoms with Crippen LogP contribution >= 0.6 is 45.2 Å². The zero-order chi connectivity index (χ0) is 4.28. The van der Waals surface area contributed by atoms with E-state index in [0.717, 1.165) is 3.92 Å². The fraction of sp³-hybridized carbons (Fsp3) is 1.00. The maximum Gasteiger partial charge on any atom is 0.0171 e. The van der Waals surface area contributed by atoms with E-state index in [0.29, 0.717) is 0 Å². The van der Waals surface area contributed by atoms with Crippen LogP contribution in [0.2, 0.25) is 0 Å². The predicted molar refractivity (Wildman–Crippen MR) is 42.4 cm³/mol. The molecule has 1 unspecified atom stereocenters. The second-order valence-electron chi connectivity index (χ2n) is 0.935. The van der Waals surface area contributed by atoms with Crippen molar-refractivity contribution in [1.29, 1.82) is 0 Å². The molecule has 0 saturated carbocycles. The summed E-state index contributed by atoms with van der Waals surface area (Å²) in [4.78, 5) is 0. The molecule has 0 aliphatic rings. The molecule has 0 aromatic rings. The Balaban J connectivity index is 2.54. The third kappa shape index (κ3) is 5.46. The fourth-order valence-corrected chi connectivity index (χ4v) is 0. The molecule has 0 aromatic heterocycles. The molecule has 0 amide bonds. The van der Waals surface area contributed by atoms with Gasteiger partial charge in [-0.3, -0.25) is 0 Å². The first-order valence-corrected chi connectivity index (χ1v) is 4.24. The molecule has 2 heteroatoms. The van der Waals surface area contributed by atoms with E-state index in [1.54, 1.807) is 0 Å². The van der Waals surface area contributed by atoms with Gasteiger partial charge in [-0.2, -0.15) is 0 Å². The second-order valence-corrected chi connectivity index (χ2v) is 3.94. The molecule has 0 nitrogen and oxygen atoms in total. The van der Waals surface area contributed by atoms with E-state index >= 15 is 0 Å². The Hall–Kier alpha value is 1.46. The fourth-order valence-electron chi connectivity index (χ4n) is 0. The zero-order valence-electron chi connectivity index (χ0n) is 3.04. The van der Waals surface area contributed by atoms with Gasteiger partial charge in [0.05, 0.1) is 0 Å². The minimum absolute atomic E-state index is 0.841. The van der Waals surface area contributed by atoms with Gasteiger partial charge in [0.1, 0.15) is 0 Å². The summed E-state index contributed by atoms with van der Waals surface area (Å²) in [6.07, 6.45) is 0. The molecule has 0 bridgehead atoms. The average Bonchev–Trinajstić information content (AvgIpc) is 1.38. The zero-order valence-corrected chi connectivity index (χ0v) is 7.36. The minimum Gasteiger partial charge on any atom is -0.0853 e. The van der Waals surface area contributed by atoms with E-state index in [4.69, 9.17) is 0 Å². The first kappa shape index (κ1) is 6.46. The van der Waals surface area contributed by atoms with Crippen LogP contribution in [0.15, 0.2) is 0 Å². The monoisotopic (exact) mass is 296 g/mol. The summed E-state index contributed by atoms with van der Waals surface area (Å²) in [5.74, 6) is 0. The molecule has 0 aromatic carbocycles. The first-order chi connectivity index (χ1) is 2.27. The van der Waals surface area contributed by atoms with Crippen LogP contribution < -0.4 is 0 Å². The van der Waals surface area contributed by atoms with E-state index in [1.165, 1.54) is 4.43 Å². The third-order valence-electron chi connectivity index (χ3n) is 0.213. The molecular weight excluding hydrogens is 290 g/mol. The van der Waals surface area contributed by atoms with Gasteiger partial charge in [0.25, 0.3) is 0 Å². The first-order valence-electron chi connectivity index (χ1n) is 1.47. The quantitative estimate of drug-likeness (QED) is 0.514. The number of hydrogen-bond donors (Lipinski definition) is 0. The number of hydrogen-bond acceptors (Lipinski definition) is 0. The lowest BCUT2D eigenvalue weighted by molar-refractivity contribution is 1.20. The van der Waals surface area contributed by atoms with Crippen LogP contribution in [-0.2, 0) is 0 Å². The summed E-state index contributed by atoms with van der Waals surface area (Å²) >= 11 is 4.77. The molecule has 0 radical (unpaired) electrons. The lowest BCUT2D eigenvalue weighted by Crippen LogP contribution is -1.85. The van der Waals surface area contributed by atoms with Crippen molar-refractivity contribution in [3.8, 4) is 0 Å². The van der Waals surface area contributed by atoms with Gasteiger partial charge >= 0.3 is 0 Å². The van der Waals surface area contributed by atoms with Gasteiger partial charge in [-0.05, 0) is 0 Å². The summed E-state index contributed by atoms with van der Waals surface area (Å²) in [5, 5.41) is 0. The van der Waals surface area contributed by atoms with Crippen molar-refractivity contribution in [2.75, 3.05) is 4.43 Å². The van der Waals surface area contributed by atoms with Crippen molar-refractivity contribution >= 4 is 45.2 Å². The maximum absolute atomic E-state index is 2.40. The largest absolute Gasteiger partial charge is 0.0853 e. The highest BCUT2D eigenvalue weighted by Crippen LogP contribution is 2.00. The van der Waals surface area contributed by atoms with Crippen LogP contribution in [-0.4, -0.2) is 8.35 Å². The Bertz CT molecular complexity index is 18.9. The van der Waals surface area contributed by atoms with E-state index in [-0.39, 0.29) is 0 Å². The molecule has 0 fully saturated rings. The Morgan fingerprint density at radius 2 is 2.00 bits per heavy atom. The molecule has 0 spiro atoms. The van der Waals surface area contributed by atoms with E-state index in [1.807, 2.05) is 0 Å². The van der Waals surface area contributed by atoms with Gasteiger partial charge in [-0.25, -0.2) is 0 Å². The van der Waals surface area contributed by atoms with Gasteiger partial charge in [0.15, 0.2) is 0 Å². The lowest BCUT2D eigenvalue weighted by Gasteiger charge is -1.86. The van der Waals surface area contributed by atoms with Gasteiger partial charge in [-0.15, -0.1) is 0 Å². The predicted octanol–water partition coefficient (Wildman–Crippen LogP) is 2.24. The van der Waals surface area contributed by atoms with Crippen molar-refractivity contribution < 1.29 is 0 Å². The molecule has 0 aliphatic carbocycles. The molecule has 32 valence electrons. The highest BCUT2D eigenvalue weighted by atomic mass is 127. The smallest absolute Gasteiger partial charge is 0.0171 e. The third-order valence-corrected chi connectivity index (χ3v) is 3.66. The molecule has 0 rings (SSSR count). The standard InChI is InChI=1S/C3H6I2/c1-3(5)2-4/h3H,2H2,1H3. The van der Waals surface area contributed by atoms with Crippen molar-refractivity contribution in [2.45, 2.75) is 10.8 Å². The summed E-state index contributed by atoms with van der Waals surface area (Å²) in [6.45, 7) is 2.20. The SMILES string of the molecule is CC(I)CI. The van der Waals surface area contributed by atoms with E-state index < -0.39 is 0 Å². The van der Waals surface area contributed by atoms with Crippen LogP contribution in [0, 0.1) is 0 Å². The van der Waals surface area contributed by atoms with E-state index in [2.05, 4.69) is 52.1 Å². The highest BCUT2D eigenvalue weighted by Gasteiger charge is 1.84. The molecule has 1 atom stereocenters. The Morgan fingerprint density at radius 3 is 2.00 bits per heavy atom. The highest BCUT2D eigenvalue weighted by molar-refractivity contribution is 14.1. The maximum atomic E-state index is 2.40. The lowest BCUT2D eigenvalue weighted by atomic mass is 10.6. The van der Waals surface area contributed by atoms with Crippen molar-refractivity contribution in [1.82, 2.24) is 0 Å².